The van der Waals surface area contributed by atoms with E-state index in [0.717, 1.165) is 44.6 Å². The Morgan fingerprint density at radius 3 is 2.75 bits per heavy atom. The quantitative estimate of drug-likeness (QED) is 0.811. The zero-order chi connectivity index (χ0) is 11.6. The van der Waals surface area contributed by atoms with Gasteiger partial charge in [-0.3, -0.25) is 9.58 Å². The van der Waals surface area contributed by atoms with Crippen molar-refractivity contribution < 1.29 is 5.11 Å². The molecule has 1 N–H and O–H groups in total. The molecule has 0 bridgehead atoms. The molecular weight excluding hydrogens is 204 g/mol. The third kappa shape index (κ3) is 2.59. The van der Waals surface area contributed by atoms with Crippen molar-refractivity contribution in [3.8, 4) is 0 Å². The van der Waals surface area contributed by atoms with Gasteiger partial charge in [0, 0.05) is 13.6 Å². The fourth-order valence-corrected chi connectivity index (χ4v) is 2.45. The van der Waals surface area contributed by atoms with Crippen molar-refractivity contribution in [2.45, 2.75) is 37.8 Å². The molecule has 0 aromatic carbocycles. The maximum atomic E-state index is 10.3. The molecule has 0 radical (unpaired) electrons. The average Bonchev–Trinajstić information content (AvgIpc) is 2.77. The molecule has 90 valence electrons. The number of hydrogen-bond acceptors (Lipinski definition) is 4. The highest BCUT2D eigenvalue weighted by molar-refractivity contribution is 4.89. The Labute approximate surface area is 96.1 Å². The zero-order valence-corrected chi connectivity index (χ0v) is 10.1. The summed E-state index contributed by atoms with van der Waals surface area (Å²) in [4.78, 5) is 6.30. The monoisotopic (exact) mass is 224 g/mol. The lowest BCUT2D eigenvalue weighted by Crippen LogP contribution is -2.39. The minimum Gasteiger partial charge on any atom is -0.389 e. The Hall–Kier alpha value is -0.940. The van der Waals surface area contributed by atoms with E-state index in [1.807, 2.05) is 14.1 Å². The first-order valence-corrected chi connectivity index (χ1v) is 5.83. The van der Waals surface area contributed by atoms with E-state index >= 15 is 0 Å². The SMILES string of the molecule is CN(Cc1ncnn1C)CC1(O)CCCC1. The van der Waals surface area contributed by atoms with Crippen LogP contribution in [0, 0.1) is 0 Å². The van der Waals surface area contributed by atoms with Crippen LogP contribution in [-0.2, 0) is 13.6 Å². The normalized spacial score (nSPS) is 19.5. The van der Waals surface area contributed by atoms with E-state index in [9.17, 15) is 5.11 Å². The third-order valence-electron chi connectivity index (χ3n) is 3.31. The van der Waals surface area contributed by atoms with Gasteiger partial charge >= 0.3 is 0 Å². The topological polar surface area (TPSA) is 54.2 Å². The second-order valence-electron chi connectivity index (χ2n) is 4.90. The van der Waals surface area contributed by atoms with Gasteiger partial charge in [0.05, 0.1) is 12.1 Å². The van der Waals surface area contributed by atoms with Gasteiger partial charge in [-0.2, -0.15) is 5.10 Å². The van der Waals surface area contributed by atoms with E-state index in [1.165, 1.54) is 0 Å². The summed E-state index contributed by atoms with van der Waals surface area (Å²) < 4.78 is 1.77. The second kappa shape index (κ2) is 4.51. The first kappa shape index (κ1) is 11.5. The Morgan fingerprint density at radius 2 is 2.19 bits per heavy atom. The second-order valence-corrected chi connectivity index (χ2v) is 4.90. The lowest BCUT2D eigenvalue weighted by atomic mass is 10.0. The van der Waals surface area contributed by atoms with Gasteiger partial charge in [-0.05, 0) is 19.9 Å². The Kier molecular flexibility index (Phi) is 3.25. The van der Waals surface area contributed by atoms with Crippen molar-refractivity contribution in [2.75, 3.05) is 13.6 Å². The number of likely N-dealkylation sites (N-methyl/N-ethyl adjacent to an activating group) is 1. The van der Waals surface area contributed by atoms with Crippen molar-refractivity contribution in [1.82, 2.24) is 19.7 Å². The van der Waals surface area contributed by atoms with Gasteiger partial charge in [-0.25, -0.2) is 4.98 Å². The number of aromatic nitrogens is 3. The molecule has 0 atom stereocenters. The summed E-state index contributed by atoms with van der Waals surface area (Å²) in [6.07, 6.45) is 5.71. The molecule has 0 amide bonds. The Bertz CT molecular complexity index is 344. The maximum Gasteiger partial charge on any atom is 0.140 e. The van der Waals surface area contributed by atoms with Crippen LogP contribution >= 0.6 is 0 Å². The molecule has 1 saturated carbocycles. The fraction of sp³-hybridized carbons (Fsp3) is 0.818. The van der Waals surface area contributed by atoms with Gasteiger partial charge in [0.15, 0.2) is 0 Å². The van der Waals surface area contributed by atoms with E-state index in [1.54, 1.807) is 11.0 Å². The maximum absolute atomic E-state index is 10.3. The minimum absolute atomic E-state index is 0.479. The summed E-state index contributed by atoms with van der Waals surface area (Å²) in [5.74, 6) is 0.934. The lowest BCUT2D eigenvalue weighted by molar-refractivity contribution is 0.0137. The van der Waals surface area contributed by atoms with Crippen LogP contribution in [0.25, 0.3) is 0 Å². The molecule has 0 spiro atoms. The summed E-state index contributed by atoms with van der Waals surface area (Å²) in [6.45, 7) is 1.46. The van der Waals surface area contributed by atoms with E-state index in [-0.39, 0.29) is 0 Å². The number of aryl methyl sites for hydroxylation is 1. The summed E-state index contributed by atoms with van der Waals surface area (Å²) in [5, 5.41) is 14.3. The molecule has 5 heteroatoms. The molecule has 1 aliphatic carbocycles. The Balaban J connectivity index is 1.89. The molecule has 16 heavy (non-hydrogen) atoms. The Morgan fingerprint density at radius 1 is 1.50 bits per heavy atom. The molecule has 0 unspecified atom stereocenters. The first-order chi connectivity index (χ1) is 7.59. The number of aliphatic hydroxyl groups is 1. The predicted octanol–water partition coefficient (Wildman–Crippen LogP) is 0.552. The standard InChI is InChI=1S/C11H20N4O/c1-14(7-10-12-9-13-15(10)2)8-11(16)5-3-4-6-11/h9,16H,3-8H2,1-2H3. The van der Waals surface area contributed by atoms with Gasteiger partial charge in [0.25, 0.3) is 0 Å². The number of rotatable bonds is 4. The smallest absolute Gasteiger partial charge is 0.140 e. The molecule has 5 nitrogen and oxygen atoms in total. The number of hydrogen-bond donors (Lipinski definition) is 1. The van der Waals surface area contributed by atoms with Crippen molar-refractivity contribution in [3.05, 3.63) is 12.2 Å². The summed E-state index contributed by atoms with van der Waals surface area (Å²) in [7, 11) is 3.91. The highest BCUT2D eigenvalue weighted by Crippen LogP contribution is 2.30. The van der Waals surface area contributed by atoms with Gasteiger partial charge < -0.3 is 5.11 Å². The van der Waals surface area contributed by atoms with Gasteiger partial charge in [-0.1, -0.05) is 12.8 Å². The van der Waals surface area contributed by atoms with Crippen LogP contribution in [-0.4, -0.2) is 44.0 Å². The van der Waals surface area contributed by atoms with Crippen LogP contribution in [0.3, 0.4) is 0 Å². The highest BCUT2D eigenvalue weighted by atomic mass is 16.3. The zero-order valence-electron chi connectivity index (χ0n) is 10.1. The molecule has 0 aliphatic heterocycles. The molecule has 1 fully saturated rings. The average molecular weight is 224 g/mol. The van der Waals surface area contributed by atoms with Crippen LogP contribution in [0.15, 0.2) is 6.33 Å². The number of nitrogens with zero attached hydrogens (tertiary/aromatic N) is 4. The lowest BCUT2D eigenvalue weighted by Gasteiger charge is -2.28. The molecule has 2 rings (SSSR count). The van der Waals surface area contributed by atoms with Crippen molar-refractivity contribution in [2.24, 2.45) is 7.05 Å². The van der Waals surface area contributed by atoms with Gasteiger partial charge in [-0.15, -0.1) is 0 Å². The van der Waals surface area contributed by atoms with Crippen LogP contribution in [0.5, 0.6) is 0 Å². The van der Waals surface area contributed by atoms with Gasteiger partial charge in [0.2, 0.25) is 0 Å². The van der Waals surface area contributed by atoms with Gasteiger partial charge in [0.1, 0.15) is 12.2 Å². The molecule has 1 heterocycles. The molecule has 1 aromatic heterocycles. The fourth-order valence-electron chi connectivity index (χ4n) is 2.45. The largest absolute Gasteiger partial charge is 0.389 e. The van der Waals surface area contributed by atoms with Crippen LogP contribution in [0.1, 0.15) is 31.5 Å². The third-order valence-corrected chi connectivity index (χ3v) is 3.31. The summed E-state index contributed by atoms with van der Waals surface area (Å²) in [5.41, 5.74) is -0.479. The van der Waals surface area contributed by atoms with Crippen LogP contribution in [0.2, 0.25) is 0 Å². The highest BCUT2D eigenvalue weighted by Gasteiger charge is 2.32. The predicted molar refractivity (Wildman–Crippen MR) is 60.8 cm³/mol. The van der Waals surface area contributed by atoms with E-state index < -0.39 is 5.60 Å². The minimum atomic E-state index is -0.479. The molecule has 0 saturated heterocycles. The van der Waals surface area contributed by atoms with Crippen molar-refractivity contribution >= 4 is 0 Å². The van der Waals surface area contributed by atoms with E-state index in [0.29, 0.717) is 0 Å². The summed E-state index contributed by atoms with van der Waals surface area (Å²) >= 11 is 0. The van der Waals surface area contributed by atoms with Crippen molar-refractivity contribution in [3.63, 3.8) is 0 Å². The van der Waals surface area contributed by atoms with E-state index in [4.69, 9.17) is 0 Å². The molecular formula is C11H20N4O. The van der Waals surface area contributed by atoms with Crippen LogP contribution in [0.4, 0.5) is 0 Å². The first-order valence-electron chi connectivity index (χ1n) is 5.83. The van der Waals surface area contributed by atoms with Crippen LogP contribution < -0.4 is 0 Å². The molecule has 1 aliphatic rings. The molecule has 1 aromatic rings. The van der Waals surface area contributed by atoms with Crippen molar-refractivity contribution in [1.29, 1.82) is 0 Å². The van der Waals surface area contributed by atoms with E-state index in [2.05, 4.69) is 15.0 Å². The summed E-state index contributed by atoms with van der Waals surface area (Å²) in [6, 6.07) is 0.